The van der Waals surface area contributed by atoms with E-state index in [2.05, 4.69) is 142 Å². The molecule has 0 radical (unpaired) electrons. The van der Waals surface area contributed by atoms with Gasteiger partial charge in [0, 0.05) is 19.3 Å². The molecule has 0 N–H and O–H groups in total. The molecule has 0 spiro atoms. The summed E-state index contributed by atoms with van der Waals surface area (Å²) in [5.74, 6) is -1.05. The van der Waals surface area contributed by atoms with Crippen LogP contribution in [-0.2, 0) is 28.6 Å². The summed E-state index contributed by atoms with van der Waals surface area (Å²) in [6.45, 7) is 6.28. The third kappa shape index (κ3) is 48.7. The molecule has 0 amide bonds. The fourth-order valence-corrected chi connectivity index (χ4v) is 6.28. The van der Waals surface area contributed by atoms with Crippen molar-refractivity contribution >= 4 is 17.9 Å². The van der Waals surface area contributed by atoms with Crippen LogP contribution in [0, 0.1) is 0 Å². The maximum absolute atomic E-state index is 12.8. The van der Waals surface area contributed by atoms with Gasteiger partial charge in [-0.05, 0) is 96.3 Å². The highest BCUT2D eigenvalue weighted by Gasteiger charge is 2.19. The summed E-state index contributed by atoms with van der Waals surface area (Å²) in [6, 6.07) is 0. The van der Waals surface area contributed by atoms with Gasteiger partial charge in [0.15, 0.2) is 6.10 Å². The van der Waals surface area contributed by atoms with Gasteiger partial charge >= 0.3 is 17.9 Å². The third-order valence-corrected chi connectivity index (χ3v) is 9.96. The number of hydrogen-bond donors (Lipinski definition) is 0. The first-order chi connectivity index (χ1) is 31.0. The zero-order chi connectivity index (χ0) is 45.8. The highest BCUT2D eigenvalue weighted by Crippen LogP contribution is 2.13. The summed E-state index contributed by atoms with van der Waals surface area (Å²) < 4.78 is 16.7. The maximum atomic E-state index is 12.8. The summed E-state index contributed by atoms with van der Waals surface area (Å²) in [7, 11) is 0. The van der Waals surface area contributed by atoms with E-state index < -0.39 is 6.10 Å². The van der Waals surface area contributed by atoms with Crippen molar-refractivity contribution in [2.75, 3.05) is 13.2 Å². The molecular weight excluding hydrogens is 781 g/mol. The molecule has 0 aliphatic heterocycles. The minimum atomic E-state index is -0.824. The fourth-order valence-electron chi connectivity index (χ4n) is 6.28. The largest absolute Gasteiger partial charge is 0.462 e. The van der Waals surface area contributed by atoms with Crippen molar-refractivity contribution in [1.29, 1.82) is 0 Å². The van der Waals surface area contributed by atoms with E-state index in [4.69, 9.17) is 14.2 Å². The number of unbranched alkanes of at least 4 members (excludes halogenated alkanes) is 12. The van der Waals surface area contributed by atoms with Crippen LogP contribution < -0.4 is 0 Å². The number of ether oxygens (including phenoxy) is 3. The Morgan fingerprint density at radius 2 is 0.619 bits per heavy atom. The van der Waals surface area contributed by atoms with E-state index in [1.165, 1.54) is 51.4 Å². The SMILES string of the molecule is CC/C=C\C/C=C\C/C=C\C/C=C\C/C=C\CCCC(=O)OCC(COC(=O)CCC/C=C\C/C=C\C/C=C\C/C=C\C/C=C\CC)OC(=O)CCCCCCCCCCCCC. The van der Waals surface area contributed by atoms with E-state index >= 15 is 0 Å². The van der Waals surface area contributed by atoms with E-state index in [0.717, 1.165) is 96.3 Å². The van der Waals surface area contributed by atoms with E-state index in [1.54, 1.807) is 0 Å². The summed E-state index contributed by atoms with van der Waals surface area (Å²) in [6.07, 6.45) is 69.1. The predicted octanol–water partition coefficient (Wildman–Crippen LogP) is 16.5. The van der Waals surface area contributed by atoms with Crippen LogP contribution in [0.15, 0.2) is 122 Å². The molecule has 63 heavy (non-hydrogen) atoms. The van der Waals surface area contributed by atoms with Crippen LogP contribution in [0.25, 0.3) is 0 Å². The van der Waals surface area contributed by atoms with Crippen LogP contribution >= 0.6 is 0 Å². The monoisotopic (exact) mass is 871 g/mol. The lowest BCUT2D eigenvalue weighted by molar-refractivity contribution is -0.167. The Labute approximate surface area is 386 Å². The van der Waals surface area contributed by atoms with Crippen molar-refractivity contribution in [3.63, 3.8) is 0 Å². The molecule has 0 aliphatic carbocycles. The van der Waals surface area contributed by atoms with Gasteiger partial charge in [-0.25, -0.2) is 0 Å². The lowest BCUT2D eigenvalue weighted by atomic mass is 10.1. The Kier molecular flexibility index (Phi) is 47.1. The molecule has 0 atom stereocenters. The van der Waals surface area contributed by atoms with Crippen molar-refractivity contribution < 1.29 is 28.6 Å². The first-order valence-corrected chi connectivity index (χ1v) is 25.0. The van der Waals surface area contributed by atoms with Crippen molar-refractivity contribution in [2.45, 2.75) is 207 Å². The second-order valence-corrected chi connectivity index (χ2v) is 16.0. The summed E-state index contributed by atoms with van der Waals surface area (Å²) in [4.78, 5) is 37.9. The Bertz CT molecular complexity index is 1290. The van der Waals surface area contributed by atoms with Crippen molar-refractivity contribution in [2.24, 2.45) is 0 Å². The molecule has 0 heterocycles. The second kappa shape index (κ2) is 50.5. The quantitative estimate of drug-likeness (QED) is 0.0263. The Morgan fingerprint density at radius 3 is 0.952 bits per heavy atom. The topological polar surface area (TPSA) is 78.9 Å². The molecule has 354 valence electrons. The maximum Gasteiger partial charge on any atom is 0.306 e. The number of allylic oxidation sites excluding steroid dienone is 20. The smallest absolute Gasteiger partial charge is 0.306 e. The molecule has 0 saturated carbocycles. The van der Waals surface area contributed by atoms with Gasteiger partial charge in [0.2, 0.25) is 0 Å². The van der Waals surface area contributed by atoms with Crippen molar-refractivity contribution in [3.05, 3.63) is 122 Å². The molecule has 0 saturated heterocycles. The van der Waals surface area contributed by atoms with Gasteiger partial charge in [-0.2, -0.15) is 0 Å². The van der Waals surface area contributed by atoms with Gasteiger partial charge < -0.3 is 14.2 Å². The molecule has 0 fully saturated rings. The van der Waals surface area contributed by atoms with Crippen LogP contribution in [-0.4, -0.2) is 37.2 Å². The standard InChI is InChI=1S/C57H90O6/c1-4-7-10-13-16-19-22-24-26-28-30-32-35-37-40-43-46-49-55(58)61-52-54(63-57(60)51-48-45-42-39-34-21-18-15-12-9-6-3)53-62-56(59)50-47-44-41-38-36-33-31-29-27-25-23-20-17-14-11-8-5-2/h7-8,10-11,16-17,19-20,24-27,30-33,37-38,40-41,54H,4-6,9,12-15,18,21-23,28-29,34-36,39,42-53H2,1-3H3/b10-7-,11-8-,19-16-,20-17-,26-24-,27-25-,32-30-,33-31-,40-37-,41-38-. The first kappa shape index (κ1) is 58.8. The summed E-state index contributed by atoms with van der Waals surface area (Å²) in [5, 5.41) is 0. The average Bonchev–Trinajstić information content (AvgIpc) is 3.28. The average molecular weight is 871 g/mol. The number of rotatable bonds is 43. The number of hydrogen-bond acceptors (Lipinski definition) is 6. The van der Waals surface area contributed by atoms with Crippen LogP contribution in [0.1, 0.15) is 201 Å². The van der Waals surface area contributed by atoms with E-state index in [-0.39, 0.29) is 44.0 Å². The van der Waals surface area contributed by atoms with E-state index in [1.807, 2.05) is 0 Å². The molecular formula is C57H90O6. The van der Waals surface area contributed by atoms with Gasteiger partial charge in [0.1, 0.15) is 13.2 Å². The zero-order valence-electron chi connectivity index (χ0n) is 40.3. The van der Waals surface area contributed by atoms with Crippen molar-refractivity contribution in [3.8, 4) is 0 Å². The van der Waals surface area contributed by atoms with Gasteiger partial charge in [-0.1, -0.05) is 206 Å². The molecule has 6 nitrogen and oxygen atoms in total. The summed E-state index contributed by atoms with van der Waals surface area (Å²) in [5.41, 5.74) is 0. The molecule has 0 aromatic rings. The molecule has 0 bridgehead atoms. The van der Waals surface area contributed by atoms with Crippen LogP contribution in [0.2, 0.25) is 0 Å². The highest BCUT2D eigenvalue weighted by molar-refractivity contribution is 5.71. The van der Waals surface area contributed by atoms with Gasteiger partial charge in [-0.3, -0.25) is 14.4 Å². The minimum Gasteiger partial charge on any atom is -0.462 e. The normalized spacial score (nSPS) is 12.7. The van der Waals surface area contributed by atoms with Crippen molar-refractivity contribution in [1.82, 2.24) is 0 Å². The third-order valence-electron chi connectivity index (χ3n) is 9.96. The molecule has 0 rings (SSSR count). The molecule has 0 unspecified atom stereocenters. The molecule has 0 aliphatic rings. The van der Waals surface area contributed by atoms with E-state index in [9.17, 15) is 14.4 Å². The lowest BCUT2D eigenvalue weighted by Crippen LogP contribution is -2.30. The van der Waals surface area contributed by atoms with Gasteiger partial charge in [0.05, 0.1) is 0 Å². The van der Waals surface area contributed by atoms with Crippen LogP contribution in [0.5, 0.6) is 0 Å². The minimum absolute atomic E-state index is 0.127. The Balaban J connectivity index is 4.56. The molecule has 0 aromatic carbocycles. The van der Waals surface area contributed by atoms with E-state index in [0.29, 0.717) is 19.3 Å². The first-order valence-electron chi connectivity index (χ1n) is 25.0. The van der Waals surface area contributed by atoms with Gasteiger partial charge in [0.25, 0.3) is 0 Å². The number of carbonyl (C=O) groups is 3. The molecule has 6 heteroatoms. The summed E-state index contributed by atoms with van der Waals surface area (Å²) >= 11 is 0. The lowest BCUT2D eigenvalue weighted by Gasteiger charge is -2.18. The number of esters is 3. The number of carbonyl (C=O) groups excluding carboxylic acids is 3. The predicted molar refractivity (Wildman–Crippen MR) is 269 cm³/mol. The van der Waals surface area contributed by atoms with Crippen LogP contribution in [0.4, 0.5) is 0 Å². The Hall–Kier alpha value is -4.19. The zero-order valence-corrected chi connectivity index (χ0v) is 40.3. The molecule has 0 aromatic heterocycles. The van der Waals surface area contributed by atoms with Crippen LogP contribution in [0.3, 0.4) is 0 Å². The second-order valence-electron chi connectivity index (χ2n) is 16.0. The Morgan fingerprint density at radius 1 is 0.333 bits per heavy atom. The van der Waals surface area contributed by atoms with Gasteiger partial charge in [-0.15, -0.1) is 0 Å². The fraction of sp³-hybridized carbons (Fsp3) is 0.596. The highest BCUT2D eigenvalue weighted by atomic mass is 16.6.